The van der Waals surface area contributed by atoms with Gasteiger partial charge in [-0.05, 0) is 38.5 Å². The predicted molar refractivity (Wildman–Crippen MR) is 392 cm³/mol. The molecule has 0 bridgehead atoms. The van der Waals surface area contributed by atoms with Crippen LogP contribution >= 0.6 is 0 Å². The highest BCUT2D eigenvalue weighted by atomic mass is 16.7. The smallest absolute Gasteiger partial charge is 0.220 e. The van der Waals surface area contributed by atoms with Crippen molar-refractivity contribution in [3.8, 4) is 0 Å². The number of unbranched alkanes of at least 4 members (excludes halogenated alkanes) is 56. The average Bonchev–Trinajstić information content (AvgIpc) is 0.801. The molecule has 564 valence electrons. The minimum absolute atomic E-state index is 0.196. The molecule has 9 N–H and O–H groups in total. The first-order valence-corrected chi connectivity index (χ1v) is 41.4. The van der Waals surface area contributed by atoms with E-state index in [1.807, 2.05) is 0 Å². The Kier molecular flexibility index (Phi) is 62.4. The molecule has 14 heteroatoms. The zero-order valence-corrected chi connectivity index (χ0v) is 62.0. The molecule has 2 saturated heterocycles. The van der Waals surface area contributed by atoms with E-state index in [9.17, 15) is 45.6 Å². The van der Waals surface area contributed by atoms with Gasteiger partial charge in [0.25, 0.3) is 0 Å². The Balaban J connectivity index is 1.55. The maximum Gasteiger partial charge on any atom is 0.220 e. The lowest BCUT2D eigenvalue weighted by Gasteiger charge is -2.46. The van der Waals surface area contributed by atoms with Gasteiger partial charge in [-0.1, -0.05) is 373 Å². The summed E-state index contributed by atoms with van der Waals surface area (Å²) in [5.41, 5.74) is 0. The molecule has 95 heavy (non-hydrogen) atoms. The van der Waals surface area contributed by atoms with Crippen molar-refractivity contribution >= 4 is 5.91 Å². The third kappa shape index (κ3) is 49.1. The minimum atomic E-state index is -1.78. The van der Waals surface area contributed by atoms with Crippen molar-refractivity contribution in [2.24, 2.45) is 0 Å². The topological polar surface area (TPSA) is 228 Å². The van der Waals surface area contributed by atoms with Crippen molar-refractivity contribution in [3.63, 3.8) is 0 Å². The number of nitrogens with one attached hydrogen (secondary N) is 1. The Bertz CT molecular complexity index is 1640. The second-order valence-corrected chi connectivity index (χ2v) is 29.6. The molecule has 0 radical (unpaired) electrons. The van der Waals surface area contributed by atoms with Crippen molar-refractivity contribution in [2.45, 2.75) is 479 Å². The van der Waals surface area contributed by atoms with E-state index in [0.717, 1.165) is 51.4 Å². The van der Waals surface area contributed by atoms with Gasteiger partial charge in [0.1, 0.15) is 48.8 Å². The molecule has 2 fully saturated rings. The zero-order valence-electron chi connectivity index (χ0n) is 62.0. The van der Waals surface area contributed by atoms with Crippen LogP contribution in [0, 0.1) is 0 Å². The summed E-state index contributed by atoms with van der Waals surface area (Å²) in [6.07, 6.45) is 67.0. The number of hydrogen-bond acceptors (Lipinski definition) is 13. The standard InChI is InChI=1S/C81H157NO13/c1-3-5-7-9-11-13-15-17-19-21-23-25-27-28-29-30-31-32-33-34-35-36-37-38-39-40-41-42-43-45-47-49-51-53-55-57-59-61-63-65-73(86)82-69(68-92-80-78(91)76(89)79(72(67-84)94-80)95-81-77(90)75(88)74(87)71(66-83)93-81)70(85)64-62-60-58-56-54-52-50-48-46-44-26-24-22-20-18-16-14-12-10-8-6-4-2/h21,23,69-72,74-81,83-85,87-91H,3-20,22,24-68H2,1-2H3,(H,82,86)/b23-21-. The lowest BCUT2D eigenvalue weighted by atomic mass is 9.97. The van der Waals surface area contributed by atoms with Crippen LogP contribution in [0.4, 0.5) is 0 Å². The molecular weight excluding hydrogens is 1190 g/mol. The summed E-state index contributed by atoms with van der Waals surface area (Å²) in [5.74, 6) is -0.196. The lowest BCUT2D eigenvalue weighted by Crippen LogP contribution is -2.65. The first kappa shape index (κ1) is 89.8. The van der Waals surface area contributed by atoms with Crippen molar-refractivity contribution < 1.29 is 64.6 Å². The first-order valence-electron chi connectivity index (χ1n) is 41.4. The van der Waals surface area contributed by atoms with Crippen LogP contribution in [0.15, 0.2) is 12.2 Å². The van der Waals surface area contributed by atoms with E-state index in [1.54, 1.807) is 0 Å². The molecule has 0 aromatic carbocycles. The number of aliphatic hydroxyl groups is 8. The molecule has 2 rings (SSSR count). The number of aliphatic hydroxyl groups excluding tert-OH is 8. The van der Waals surface area contributed by atoms with Crippen LogP contribution in [-0.2, 0) is 23.7 Å². The highest BCUT2D eigenvalue weighted by Crippen LogP contribution is 2.31. The van der Waals surface area contributed by atoms with Crippen LogP contribution < -0.4 is 5.32 Å². The molecule has 0 spiro atoms. The van der Waals surface area contributed by atoms with Crippen LogP contribution in [-0.4, -0.2) is 140 Å². The van der Waals surface area contributed by atoms with Gasteiger partial charge in [0.05, 0.1) is 32.0 Å². The van der Waals surface area contributed by atoms with E-state index >= 15 is 0 Å². The predicted octanol–water partition coefficient (Wildman–Crippen LogP) is 18.9. The molecular formula is C81H157NO13. The van der Waals surface area contributed by atoms with Gasteiger partial charge in [0.2, 0.25) is 5.91 Å². The second-order valence-electron chi connectivity index (χ2n) is 29.6. The van der Waals surface area contributed by atoms with Crippen LogP contribution in [0.25, 0.3) is 0 Å². The molecule has 0 aromatic rings. The fourth-order valence-corrected chi connectivity index (χ4v) is 14.2. The maximum atomic E-state index is 13.4. The number of carbonyl (C=O) groups excluding carboxylic acids is 1. The summed E-state index contributed by atoms with van der Waals surface area (Å²) < 4.78 is 23.0. The van der Waals surface area contributed by atoms with Gasteiger partial charge in [-0.25, -0.2) is 0 Å². The van der Waals surface area contributed by atoms with E-state index in [-0.39, 0.29) is 12.5 Å². The Morgan fingerprint density at radius 2 is 0.663 bits per heavy atom. The highest BCUT2D eigenvalue weighted by molar-refractivity contribution is 5.76. The fraction of sp³-hybridized carbons (Fsp3) is 0.963. The number of amides is 1. The van der Waals surface area contributed by atoms with Crippen molar-refractivity contribution in [1.82, 2.24) is 5.32 Å². The molecule has 2 aliphatic heterocycles. The largest absolute Gasteiger partial charge is 0.394 e. The van der Waals surface area contributed by atoms with Gasteiger partial charge in [0, 0.05) is 6.42 Å². The molecule has 0 aromatic heterocycles. The fourth-order valence-electron chi connectivity index (χ4n) is 14.2. The molecule has 0 saturated carbocycles. The molecule has 1 amide bonds. The van der Waals surface area contributed by atoms with Crippen molar-refractivity contribution in [1.29, 1.82) is 0 Å². The highest BCUT2D eigenvalue weighted by Gasteiger charge is 2.51. The summed E-state index contributed by atoms with van der Waals surface area (Å²) in [4.78, 5) is 13.4. The van der Waals surface area contributed by atoms with Gasteiger partial charge >= 0.3 is 0 Å². The molecule has 0 aliphatic carbocycles. The Morgan fingerprint density at radius 3 is 1.00 bits per heavy atom. The maximum absolute atomic E-state index is 13.4. The van der Waals surface area contributed by atoms with Gasteiger partial charge in [0.15, 0.2) is 12.6 Å². The summed E-state index contributed by atoms with van der Waals surface area (Å²) in [7, 11) is 0. The third-order valence-corrected chi connectivity index (χ3v) is 20.7. The summed E-state index contributed by atoms with van der Waals surface area (Å²) in [6.45, 7) is 2.94. The van der Waals surface area contributed by atoms with Gasteiger partial charge < -0.3 is 65.1 Å². The Labute approximate surface area is 584 Å². The third-order valence-electron chi connectivity index (χ3n) is 20.7. The molecule has 2 heterocycles. The summed E-state index contributed by atoms with van der Waals surface area (Å²) >= 11 is 0. The normalized spacial score (nSPS) is 22.3. The van der Waals surface area contributed by atoms with E-state index in [1.165, 1.54) is 327 Å². The van der Waals surface area contributed by atoms with Crippen LogP contribution in [0.3, 0.4) is 0 Å². The minimum Gasteiger partial charge on any atom is -0.394 e. The molecule has 2 aliphatic rings. The second kappa shape index (κ2) is 66.0. The van der Waals surface area contributed by atoms with Gasteiger partial charge in [-0.3, -0.25) is 4.79 Å². The van der Waals surface area contributed by atoms with Gasteiger partial charge in [-0.15, -0.1) is 0 Å². The Hall–Kier alpha value is -1.27. The number of carbonyl (C=O) groups is 1. The SMILES string of the molecule is CCCCCCCCCC/C=C\CCCCCCCCCCCCCCCCCCCCCCCCCCCCCC(=O)NC(COC1OC(CO)C(OC2OC(CO)C(O)C(O)C2O)C(O)C1O)C(O)CCCCCCCCCCCCCCCCCCCCCCCC. The van der Waals surface area contributed by atoms with Crippen LogP contribution in [0.5, 0.6) is 0 Å². The van der Waals surface area contributed by atoms with E-state index in [2.05, 4.69) is 31.3 Å². The summed E-state index contributed by atoms with van der Waals surface area (Å²) in [6, 6.07) is -0.826. The molecule has 12 atom stereocenters. The molecule has 12 unspecified atom stereocenters. The zero-order chi connectivity index (χ0) is 68.7. The number of hydrogen-bond donors (Lipinski definition) is 9. The molecule has 14 nitrogen and oxygen atoms in total. The monoisotopic (exact) mass is 1350 g/mol. The van der Waals surface area contributed by atoms with E-state index in [0.29, 0.717) is 12.8 Å². The quantitative estimate of drug-likeness (QED) is 0.0204. The van der Waals surface area contributed by atoms with Crippen LogP contribution in [0.2, 0.25) is 0 Å². The van der Waals surface area contributed by atoms with Gasteiger partial charge in [-0.2, -0.15) is 0 Å². The number of allylic oxidation sites excluding steroid dienone is 2. The summed E-state index contributed by atoms with van der Waals surface area (Å²) in [5, 5.41) is 87.8. The number of ether oxygens (including phenoxy) is 4. The lowest BCUT2D eigenvalue weighted by molar-refractivity contribution is -0.359. The number of rotatable bonds is 71. The first-order chi connectivity index (χ1) is 46.6. The van der Waals surface area contributed by atoms with Crippen molar-refractivity contribution in [3.05, 3.63) is 12.2 Å². The van der Waals surface area contributed by atoms with E-state index in [4.69, 9.17) is 18.9 Å². The Morgan fingerprint density at radius 1 is 0.368 bits per heavy atom. The van der Waals surface area contributed by atoms with Crippen LogP contribution in [0.1, 0.15) is 406 Å². The van der Waals surface area contributed by atoms with E-state index < -0.39 is 86.8 Å². The average molecular weight is 1350 g/mol. The van der Waals surface area contributed by atoms with Crippen molar-refractivity contribution in [2.75, 3.05) is 19.8 Å².